The molecule has 4 N–H and O–H groups in total. The van der Waals surface area contributed by atoms with Gasteiger partial charge in [-0.05, 0) is 18.6 Å². The lowest BCUT2D eigenvalue weighted by Gasteiger charge is -2.11. The lowest BCUT2D eigenvalue weighted by Crippen LogP contribution is -2.26. The molecule has 0 saturated carbocycles. The summed E-state index contributed by atoms with van der Waals surface area (Å²) >= 11 is 3.14. The first-order chi connectivity index (χ1) is 9.45. The number of rotatable bonds is 7. The van der Waals surface area contributed by atoms with Crippen molar-refractivity contribution >= 4 is 33.4 Å². The van der Waals surface area contributed by atoms with Crippen LogP contribution in [0.2, 0.25) is 0 Å². The summed E-state index contributed by atoms with van der Waals surface area (Å²) in [5.74, 6) is -1.66. The molecule has 0 saturated heterocycles. The van der Waals surface area contributed by atoms with E-state index in [9.17, 15) is 14.0 Å². The van der Waals surface area contributed by atoms with E-state index in [-0.39, 0.29) is 30.1 Å². The molecule has 110 valence electrons. The Bertz CT molecular complexity index is 509. The predicted molar refractivity (Wildman–Crippen MR) is 79.0 cm³/mol. The molecule has 20 heavy (non-hydrogen) atoms. The first kappa shape index (κ1) is 16.4. The molecule has 7 heteroatoms. The van der Waals surface area contributed by atoms with Crippen molar-refractivity contribution in [2.45, 2.75) is 19.8 Å². The Morgan fingerprint density at radius 2 is 2.05 bits per heavy atom. The fourth-order valence-corrected chi connectivity index (χ4v) is 2.06. The minimum atomic E-state index is -0.854. The highest BCUT2D eigenvalue weighted by Crippen LogP contribution is 2.24. The number of hydrogen-bond donors (Lipinski definition) is 3. The van der Waals surface area contributed by atoms with Crippen LogP contribution in [0.15, 0.2) is 16.6 Å². The lowest BCUT2D eigenvalue weighted by atomic mass is 10.1. The Hall–Kier alpha value is -1.63. The van der Waals surface area contributed by atoms with Gasteiger partial charge in [0.25, 0.3) is 5.91 Å². The van der Waals surface area contributed by atoms with E-state index in [2.05, 4.69) is 26.6 Å². The summed E-state index contributed by atoms with van der Waals surface area (Å²) in [6.07, 6.45) is 1.09. The minimum absolute atomic E-state index is 0.101. The van der Waals surface area contributed by atoms with Gasteiger partial charge in [-0.2, -0.15) is 0 Å². The molecule has 1 aromatic rings. The lowest BCUT2D eigenvalue weighted by molar-refractivity contribution is -0.120. The van der Waals surface area contributed by atoms with Crippen molar-refractivity contribution in [3.05, 3.63) is 28.0 Å². The van der Waals surface area contributed by atoms with Crippen LogP contribution in [0.4, 0.5) is 10.1 Å². The molecule has 0 aliphatic rings. The third kappa shape index (κ3) is 4.80. The zero-order chi connectivity index (χ0) is 15.1. The maximum Gasteiger partial charge on any atom is 0.253 e. The molecular weight excluding hydrogens is 329 g/mol. The van der Waals surface area contributed by atoms with Crippen molar-refractivity contribution in [2.24, 2.45) is 5.73 Å². The molecule has 0 fully saturated rings. The number of carbonyl (C=O) groups excluding carboxylic acids is 2. The number of nitrogens with one attached hydrogen (secondary N) is 2. The number of hydrogen-bond acceptors (Lipinski definition) is 3. The second-order valence-electron chi connectivity index (χ2n) is 4.20. The number of halogens is 2. The molecule has 0 aliphatic carbocycles. The van der Waals surface area contributed by atoms with Gasteiger partial charge >= 0.3 is 0 Å². The van der Waals surface area contributed by atoms with Crippen molar-refractivity contribution < 1.29 is 14.0 Å². The van der Waals surface area contributed by atoms with Gasteiger partial charge in [0.05, 0.1) is 11.3 Å². The van der Waals surface area contributed by atoms with Crippen LogP contribution in [-0.4, -0.2) is 24.9 Å². The van der Waals surface area contributed by atoms with E-state index in [1.165, 1.54) is 6.07 Å². The van der Waals surface area contributed by atoms with Gasteiger partial charge in [-0.1, -0.05) is 22.9 Å². The monoisotopic (exact) mass is 345 g/mol. The van der Waals surface area contributed by atoms with E-state index in [0.717, 1.165) is 6.42 Å². The van der Waals surface area contributed by atoms with E-state index in [4.69, 9.17) is 5.73 Å². The normalized spacial score (nSPS) is 10.2. The van der Waals surface area contributed by atoms with Gasteiger partial charge in [-0.25, -0.2) is 4.39 Å². The molecule has 0 atom stereocenters. The van der Waals surface area contributed by atoms with E-state index >= 15 is 0 Å². The number of amides is 2. The molecule has 0 bridgehead atoms. The summed E-state index contributed by atoms with van der Waals surface area (Å²) in [6.45, 7) is 2.87. The molecule has 0 unspecified atom stereocenters. The number of anilines is 1. The first-order valence-corrected chi connectivity index (χ1v) is 7.04. The average Bonchev–Trinajstić information content (AvgIpc) is 2.34. The summed E-state index contributed by atoms with van der Waals surface area (Å²) in [4.78, 5) is 22.7. The van der Waals surface area contributed by atoms with E-state index in [1.54, 1.807) is 6.07 Å². The van der Waals surface area contributed by atoms with Gasteiger partial charge in [-0.3, -0.25) is 9.59 Å². The summed E-state index contributed by atoms with van der Waals surface area (Å²) in [6, 6.07) is 2.71. The molecular formula is C13H17BrFN3O2. The highest BCUT2D eigenvalue weighted by Gasteiger charge is 2.15. The summed E-state index contributed by atoms with van der Waals surface area (Å²) < 4.78 is 14.1. The van der Waals surface area contributed by atoms with Crippen molar-refractivity contribution in [3.8, 4) is 0 Å². The fourth-order valence-electron chi connectivity index (χ4n) is 1.63. The zero-order valence-electron chi connectivity index (χ0n) is 11.1. The third-order valence-electron chi connectivity index (χ3n) is 2.54. The minimum Gasteiger partial charge on any atom is -0.384 e. The Morgan fingerprint density at radius 1 is 1.35 bits per heavy atom. The molecule has 0 heterocycles. The van der Waals surface area contributed by atoms with Gasteiger partial charge in [0.1, 0.15) is 5.82 Å². The standard InChI is InChI=1S/C13H17BrFN3O2/c1-2-4-18-11(19)3-5-17-10-7-8(14)6-9(15)12(10)13(16)20/h6-7,17H,2-5H2,1H3,(H2,16,20)(H,18,19). The molecule has 0 aromatic heterocycles. The van der Waals surface area contributed by atoms with E-state index < -0.39 is 11.7 Å². The maximum atomic E-state index is 13.7. The smallest absolute Gasteiger partial charge is 0.253 e. The van der Waals surface area contributed by atoms with Crippen LogP contribution in [0.3, 0.4) is 0 Å². The average molecular weight is 346 g/mol. The van der Waals surface area contributed by atoms with Crippen LogP contribution in [-0.2, 0) is 4.79 Å². The van der Waals surface area contributed by atoms with Crippen LogP contribution in [0, 0.1) is 5.82 Å². The van der Waals surface area contributed by atoms with Crippen molar-refractivity contribution in [1.29, 1.82) is 0 Å². The Morgan fingerprint density at radius 3 is 2.65 bits per heavy atom. The van der Waals surface area contributed by atoms with Crippen molar-refractivity contribution in [3.63, 3.8) is 0 Å². The maximum absolute atomic E-state index is 13.7. The van der Waals surface area contributed by atoms with Crippen molar-refractivity contribution in [2.75, 3.05) is 18.4 Å². The van der Waals surface area contributed by atoms with Crippen LogP contribution >= 0.6 is 15.9 Å². The molecule has 0 spiro atoms. The van der Waals surface area contributed by atoms with Gasteiger partial charge < -0.3 is 16.4 Å². The van der Waals surface area contributed by atoms with Gasteiger partial charge in [-0.15, -0.1) is 0 Å². The van der Waals surface area contributed by atoms with Gasteiger partial charge in [0, 0.05) is 24.0 Å². The van der Waals surface area contributed by atoms with E-state index in [1.807, 2.05) is 6.92 Å². The van der Waals surface area contributed by atoms with Crippen LogP contribution in [0.1, 0.15) is 30.1 Å². The first-order valence-electron chi connectivity index (χ1n) is 6.25. The molecule has 2 amide bonds. The molecule has 5 nitrogen and oxygen atoms in total. The Balaban J connectivity index is 2.68. The van der Waals surface area contributed by atoms with Crippen LogP contribution in [0.5, 0.6) is 0 Å². The van der Waals surface area contributed by atoms with Crippen molar-refractivity contribution in [1.82, 2.24) is 5.32 Å². The molecule has 0 aliphatic heterocycles. The molecule has 1 aromatic carbocycles. The highest BCUT2D eigenvalue weighted by molar-refractivity contribution is 9.10. The topological polar surface area (TPSA) is 84.2 Å². The second-order valence-corrected chi connectivity index (χ2v) is 5.12. The highest BCUT2D eigenvalue weighted by atomic mass is 79.9. The fraction of sp³-hybridized carbons (Fsp3) is 0.385. The van der Waals surface area contributed by atoms with Crippen LogP contribution in [0.25, 0.3) is 0 Å². The SMILES string of the molecule is CCCNC(=O)CCNc1cc(Br)cc(F)c1C(N)=O. The quantitative estimate of drug-likeness (QED) is 0.706. The Kier molecular flexibility index (Phi) is 6.44. The Labute approximate surface area is 125 Å². The van der Waals surface area contributed by atoms with Gasteiger partial charge in [0.15, 0.2) is 0 Å². The number of carbonyl (C=O) groups is 2. The number of primary amides is 1. The summed E-state index contributed by atoms with van der Waals surface area (Å²) in [7, 11) is 0. The second kappa shape index (κ2) is 7.84. The summed E-state index contributed by atoms with van der Waals surface area (Å²) in [5.41, 5.74) is 5.21. The van der Waals surface area contributed by atoms with Crippen LogP contribution < -0.4 is 16.4 Å². The largest absolute Gasteiger partial charge is 0.384 e. The summed E-state index contributed by atoms with van der Waals surface area (Å²) in [5, 5.41) is 5.58. The van der Waals surface area contributed by atoms with E-state index in [0.29, 0.717) is 11.0 Å². The molecule has 0 radical (unpaired) electrons. The zero-order valence-corrected chi connectivity index (χ0v) is 12.7. The van der Waals surface area contributed by atoms with Gasteiger partial charge in [0.2, 0.25) is 5.91 Å². The third-order valence-corrected chi connectivity index (χ3v) is 3.00. The number of benzene rings is 1. The molecule has 1 rings (SSSR count). The predicted octanol–water partition coefficient (Wildman–Crippen LogP) is 2.02. The number of nitrogens with two attached hydrogens (primary N) is 1.